The van der Waals surface area contributed by atoms with Crippen LogP contribution < -0.4 is 26.0 Å². The standard InChI is InChI=1S/C19H19N3O5/c1-26-13-9-12(10-14(11-13)27-2)20-17(23)7-8-22-18(24)15-5-3-4-6-16(15)21-19(22)25/h3-6,9-11H,7-8H2,1-2H3,(H,20,23)(H,21,25). The Hall–Kier alpha value is -3.55. The van der Waals surface area contributed by atoms with E-state index in [0.717, 1.165) is 4.57 Å². The molecule has 0 aliphatic heterocycles. The summed E-state index contributed by atoms with van der Waals surface area (Å²) >= 11 is 0. The van der Waals surface area contributed by atoms with Crippen molar-refractivity contribution in [1.29, 1.82) is 0 Å². The molecule has 0 radical (unpaired) electrons. The van der Waals surface area contributed by atoms with E-state index in [4.69, 9.17) is 9.47 Å². The zero-order valence-corrected chi connectivity index (χ0v) is 14.9. The number of rotatable bonds is 6. The first-order chi connectivity index (χ1) is 13.0. The molecule has 3 rings (SSSR count). The second-order valence-electron chi connectivity index (χ2n) is 5.83. The van der Waals surface area contributed by atoms with Gasteiger partial charge in [0.2, 0.25) is 5.91 Å². The minimum absolute atomic E-state index is 0.0358. The zero-order chi connectivity index (χ0) is 19.4. The zero-order valence-electron chi connectivity index (χ0n) is 14.9. The molecule has 0 aliphatic carbocycles. The molecule has 27 heavy (non-hydrogen) atoms. The number of ether oxygens (including phenoxy) is 2. The number of aromatic nitrogens is 2. The molecular weight excluding hydrogens is 350 g/mol. The van der Waals surface area contributed by atoms with E-state index >= 15 is 0 Å². The highest BCUT2D eigenvalue weighted by molar-refractivity contribution is 5.91. The number of methoxy groups -OCH3 is 2. The van der Waals surface area contributed by atoms with Gasteiger partial charge in [-0.25, -0.2) is 4.79 Å². The molecule has 0 aliphatic rings. The minimum Gasteiger partial charge on any atom is -0.497 e. The summed E-state index contributed by atoms with van der Waals surface area (Å²) in [6.07, 6.45) is -0.0408. The highest BCUT2D eigenvalue weighted by Crippen LogP contribution is 2.25. The van der Waals surface area contributed by atoms with E-state index in [1.165, 1.54) is 14.2 Å². The average molecular weight is 369 g/mol. The fraction of sp³-hybridized carbons (Fsp3) is 0.211. The molecule has 3 aromatic rings. The van der Waals surface area contributed by atoms with Crippen LogP contribution in [0, 0.1) is 0 Å². The monoisotopic (exact) mass is 369 g/mol. The van der Waals surface area contributed by atoms with E-state index in [9.17, 15) is 14.4 Å². The van der Waals surface area contributed by atoms with Gasteiger partial charge in [0.25, 0.3) is 5.56 Å². The molecule has 1 aromatic heterocycles. The number of benzene rings is 2. The molecule has 1 heterocycles. The molecule has 0 fully saturated rings. The van der Waals surface area contributed by atoms with Crippen LogP contribution in [0.4, 0.5) is 5.69 Å². The fourth-order valence-electron chi connectivity index (χ4n) is 2.72. The van der Waals surface area contributed by atoms with Crippen molar-refractivity contribution in [2.45, 2.75) is 13.0 Å². The highest BCUT2D eigenvalue weighted by Gasteiger charge is 2.10. The number of fused-ring (bicyclic) bond motifs is 1. The lowest BCUT2D eigenvalue weighted by Crippen LogP contribution is -2.36. The van der Waals surface area contributed by atoms with Crippen LogP contribution in [0.5, 0.6) is 11.5 Å². The lowest BCUT2D eigenvalue weighted by molar-refractivity contribution is -0.116. The van der Waals surface area contributed by atoms with E-state index in [1.54, 1.807) is 42.5 Å². The predicted molar refractivity (Wildman–Crippen MR) is 102 cm³/mol. The van der Waals surface area contributed by atoms with Crippen LogP contribution in [0.25, 0.3) is 10.9 Å². The Labute approximate surface area is 154 Å². The Kier molecular flexibility index (Phi) is 5.25. The second kappa shape index (κ2) is 7.77. The Morgan fingerprint density at radius 1 is 1.07 bits per heavy atom. The highest BCUT2D eigenvalue weighted by atomic mass is 16.5. The molecule has 1 amide bonds. The van der Waals surface area contributed by atoms with Gasteiger partial charge in [-0.1, -0.05) is 12.1 Å². The Balaban J connectivity index is 1.76. The molecule has 0 bridgehead atoms. The lowest BCUT2D eigenvalue weighted by atomic mass is 10.2. The molecular formula is C19H19N3O5. The van der Waals surface area contributed by atoms with Crippen molar-refractivity contribution in [2.75, 3.05) is 19.5 Å². The van der Waals surface area contributed by atoms with Gasteiger partial charge >= 0.3 is 5.69 Å². The molecule has 0 saturated heterocycles. The number of hydrogen-bond donors (Lipinski definition) is 2. The van der Waals surface area contributed by atoms with Crippen molar-refractivity contribution < 1.29 is 14.3 Å². The Morgan fingerprint density at radius 3 is 2.41 bits per heavy atom. The summed E-state index contributed by atoms with van der Waals surface area (Å²) in [6, 6.07) is 11.7. The van der Waals surface area contributed by atoms with Crippen molar-refractivity contribution >= 4 is 22.5 Å². The maximum atomic E-state index is 12.5. The molecule has 0 saturated carbocycles. The van der Waals surface area contributed by atoms with Crippen LogP contribution in [0.1, 0.15) is 6.42 Å². The number of nitrogens with one attached hydrogen (secondary N) is 2. The number of nitrogens with zero attached hydrogens (tertiary/aromatic N) is 1. The van der Waals surface area contributed by atoms with Crippen LogP contribution in [0.2, 0.25) is 0 Å². The van der Waals surface area contributed by atoms with Gasteiger partial charge in [-0.2, -0.15) is 0 Å². The van der Waals surface area contributed by atoms with Gasteiger partial charge in [0.05, 0.1) is 25.1 Å². The molecule has 2 N–H and O–H groups in total. The third-order valence-corrected chi connectivity index (χ3v) is 4.09. The summed E-state index contributed by atoms with van der Waals surface area (Å²) in [4.78, 5) is 39.5. The van der Waals surface area contributed by atoms with Crippen LogP contribution in [0.15, 0.2) is 52.1 Å². The van der Waals surface area contributed by atoms with Crippen LogP contribution in [-0.2, 0) is 11.3 Å². The maximum Gasteiger partial charge on any atom is 0.328 e. The first-order valence-electron chi connectivity index (χ1n) is 8.26. The number of carbonyl (C=O) groups excluding carboxylic acids is 1. The molecule has 0 spiro atoms. The Bertz CT molecular complexity index is 1080. The number of aromatic amines is 1. The topological polar surface area (TPSA) is 102 Å². The van der Waals surface area contributed by atoms with E-state index in [2.05, 4.69) is 10.3 Å². The van der Waals surface area contributed by atoms with Gasteiger partial charge in [-0.15, -0.1) is 0 Å². The van der Waals surface area contributed by atoms with Gasteiger partial charge in [-0.3, -0.25) is 14.2 Å². The first-order valence-corrected chi connectivity index (χ1v) is 8.26. The molecule has 8 heteroatoms. The normalized spacial score (nSPS) is 10.6. The number of hydrogen-bond acceptors (Lipinski definition) is 5. The molecule has 8 nitrogen and oxygen atoms in total. The third kappa shape index (κ3) is 4.00. The van der Waals surface area contributed by atoms with Crippen molar-refractivity contribution in [1.82, 2.24) is 9.55 Å². The number of para-hydroxylation sites is 1. The maximum absolute atomic E-state index is 12.5. The summed E-state index contributed by atoms with van der Waals surface area (Å²) in [7, 11) is 3.03. The largest absolute Gasteiger partial charge is 0.497 e. The summed E-state index contributed by atoms with van der Waals surface area (Å²) < 4.78 is 11.3. The smallest absolute Gasteiger partial charge is 0.328 e. The van der Waals surface area contributed by atoms with Gasteiger partial charge < -0.3 is 19.8 Å². The number of amides is 1. The average Bonchev–Trinajstić information content (AvgIpc) is 2.67. The lowest BCUT2D eigenvalue weighted by Gasteiger charge is -2.10. The SMILES string of the molecule is COc1cc(NC(=O)CCn2c(=O)[nH]c3ccccc3c2=O)cc(OC)c1. The molecule has 0 atom stereocenters. The molecule has 140 valence electrons. The fourth-order valence-corrected chi connectivity index (χ4v) is 2.72. The molecule has 0 unspecified atom stereocenters. The van der Waals surface area contributed by atoms with E-state index in [0.29, 0.717) is 28.1 Å². The van der Waals surface area contributed by atoms with Crippen LogP contribution >= 0.6 is 0 Å². The summed E-state index contributed by atoms with van der Waals surface area (Å²) in [5.41, 5.74) is -0.00704. The van der Waals surface area contributed by atoms with E-state index in [-0.39, 0.29) is 18.9 Å². The second-order valence-corrected chi connectivity index (χ2v) is 5.83. The van der Waals surface area contributed by atoms with Gasteiger partial charge in [-0.05, 0) is 12.1 Å². The Morgan fingerprint density at radius 2 is 1.74 bits per heavy atom. The van der Waals surface area contributed by atoms with Crippen LogP contribution in [0.3, 0.4) is 0 Å². The van der Waals surface area contributed by atoms with Gasteiger partial charge in [0.15, 0.2) is 0 Å². The van der Waals surface area contributed by atoms with E-state index < -0.39 is 11.2 Å². The third-order valence-electron chi connectivity index (χ3n) is 4.09. The predicted octanol–water partition coefficient (Wildman–Crippen LogP) is 1.74. The van der Waals surface area contributed by atoms with Crippen LogP contribution in [-0.4, -0.2) is 29.7 Å². The number of H-pyrrole nitrogens is 1. The van der Waals surface area contributed by atoms with Gasteiger partial charge in [0, 0.05) is 36.9 Å². The number of anilines is 1. The minimum atomic E-state index is -0.547. The van der Waals surface area contributed by atoms with Crippen molar-refractivity contribution in [3.05, 3.63) is 63.3 Å². The first kappa shape index (κ1) is 18.2. The quantitative estimate of drug-likeness (QED) is 0.689. The summed E-state index contributed by atoms with van der Waals surface area (Å²) in [5.74, 6) is 0.725. The van der Waals surface area contributed by atoms with Crippen molar-refractivity contribution in [3.8, 4) is 11.5 Å². The van der Waals surface area contributed by atoms with Crippen molar-refractivity contribution in [2.24, 2.45) is 0 Å². The molecule has 2 aromatic carbocycles. The van der Waals surface area contributed by atoms with Crippen molar-refractivity contribution in [3.63, 3.8) is 0 Å². The van der Waals surface area contributed by atoms with Gasteiger partial charge in [0.1, 0.15) is 11.5 Å². The summed E-state index contributed by atoms with van der Waals surface area (Å²) in [6.45, 7) is -0.0358. The van der Waals surface area contributed by atoms with E-state index in [1.807, 2.05) is 0 Å². The summed E-state index contributed by atoms with van der Waals surface area (Å²) in [5, 5.41) is 3.11. The number of carbonyl (C=O) groups is 1.